The average Bonchev–Trinajstić information content (AvgIpc) is 3.02. The van der Waals surface area contributed by atoms with Gasteiger partial charge < -0.3 is 10.6 Å². The summed E-state index contributed by atoms with van der Waals surface area (Å²) in [5, 5.41) is 1.15. The van der Waals surface area contributed by atoms with Crippen molar-refractivity contribution in [3.63, 3.8) is 0 Å². The second kappa shape index (κ2) is 9.08. The highest BCUT2D eigenvalue weighted by Crippen LogP contribution is 2.28. The van der Waals surface area contributed by atoms with E-state index in [9.17, 15) is 4.79 Å². The molecule has 2 heterocycles. The summed E-state index contributed by atoms with van der Waals surface area (Å²) < 4.78 is 1.85. The molecule has 0 saturated heterocycles. The van der Waals surface area contributed by atoms with Crippen LogP contribution in [0.1, 0.15) is 45.4 Å². The van der Waals surface area contributed by atoms with E-state index in [4.69, 9.17) is 15.6 Å². The average molecular weight is 387 g/mol. The van der Waals surface area contributed by atoms with Crippen LogP contribution in [-0.2, 0) is 11.2 Å². The molecule has 2 N–H and O–H groups in total. The Balaban J connectivity index is 1.89. The van der Waals surface area contributed by atoms with Crippen LogP contribution in [0.3, 0.4) is 0 Å². The quantitative estimate of drug-likeness (QED) is 0.560. The number of benzene rings is 1. The van der Waals surface area contributed by atoms with Gasteiger partial charge in [-0.05, 0) is 25.3 Å². The third-order valence-corrected chi connectivity index (χ3v) is 5.26. The topological polar surface area (TPSA) is 83.0 Å². The van der Waals surface area contributed by atoms with Gasteiger partial charge in [-0.1, -0.05) is 43.3 Å². The van der Waals surface area contributed by atoms with E-state index in [0.29, 0.717) is 17.9 Å². The Hall–Kier alpha value is -2.28. The molecule has 0 aliphatic rings. The van der Waals surface area contributed by atoms with Crippen molar-refractivity contribution in [1.29, 1.82) is 0 Å². The van der Waals surface area contributed by atoms with Gasteiger partial charge in [0.2, 0.25) is 0 Å². The van der Waals surface area contributed by atoms with Gasteiger partial charge in [-0.25, -0.2) is 9.97 Å². The second-order valence-corrected chi connectivity index (χ2v) is 7.79. The van der Waals surface area contributed by atoms with Crippen molar-refractivity contribution < 1.29 is 9.63 Å². The first-order chi connectivity index (χ1) is 13.1. The van der Waals surface area contributed by atoms with Gasteiger partial charge in [0.1, 0.15) is 23.5 Å². The molecule has 0 saturated carbocycles. The highest BCUT2D eigenvalue weighted by Gasteiger charge is 2.18. The number of nitrogen functional groups attached to an aromatic ring is 1. The van der Waals surface area contributed by atoms with Crippen LogP contribution in [0.2, 0.25) is 0 Å². The van der Waals surface area contributed by atoms with Crippen LogP contribution in [0.5, 0.6) is 0 Å². The number of aromatic nitrogens is 3. The molecule has 0 aliphatic heterocycles. The van der Waals surface area contributed by atoms with Gasteiger partial charge in [-0.15, -0.1) is 0 Å². The molecule has 144 valence electrons. The van der Waals surface area contributed by atoms with Gasteiger partial charge in [-0.2, -0.15) is 4.73 Å². The molecule has 0 amide bonds. The van der Waals surface area contributed by atoms with Crippen LogP contribution in [0.15, 0.2) is 24.3 Å². The number of carbonyl (C=O) groups is 1. The highest BCUT2D eigenvalue weighted by atomic mass is 32.2. The molecule has 0 spiro atoms. The molecular formula is C20H26N4O2S. The number of hydrogen-bond donors (Lipinski definition) is 1. The molecule has 1 aromatic carbocycles. The molecule has 3 aromatic rings. The number of aryl methyl sites for hydroxylation is 1. The molecule has 0 unspecified atom stereocenters. The van der Waals surface area contributed by atoms with Gasteiger partial charge in [0.25, 0.3) is 0 Å². The molecule has 0 bridgehead atoms. The lowest BCUT2D eigenvalue weighted by molar-refractivity contribution is -0.109. The van der Waals surface area contributed by atoms with Crippen LogP contribution < -0.4 is 10.6 Å². The summed E-state index contributed by atoms with van der Waals surface area (Å²) in [5.41, 5.74) is 8.61. The second-order valence-electron chi connectivity index (χ2n) is 6.52. The molecule has 27 heavy (non-hydrogen) atoms. The van der Waals surface area contributed by atoms with Crippen LogP contribution >= 0.6 is 11.8 Å². The molecule has 2 aromatic heterocycles. The molecular weight excluding hydrogens is 360 g/mol. The number of nitrogens with zero attached hydrogens (tertiary/aromatic N) is 3. The molecule has 0 radical (unpaired) electrons. The van der Waals surface area contributed by atoms with Crippen molar-refractivity contribution >= 4 is 44.6 Å². The normalized spacial score (nSPS) is 11.3. The molecule has 6 nitrogen and oxygen atoms in total. The van der Waals surface area contributed by atoms with Crippen LogP contribution in [0.25, 0.3) is 21.9 Å². The Bertz CT molecular complexity index is 939. The van der Waals surface area contributed by atoms with Crippen LogP contribution in [-0.4, -0.2) is 32.2 Å². The maximum atomic E-state index is 11.0. The number of nitrogens with two attached hydrogens (primary N) is 1. The summed E-state index contributed by atoms with van der Waals surface area (Å²) in [5.74, 6) is 2.14. The predicted molar refractivity (Wildman–Crippen MR) is 112 cm³/mol. The largest absolute Gasteiger partial charge is 0.412 e. The molecule has 0 atom stereocenters. The minimum atomic E-state index is 0.160. The summed E-state index contributed by atoms with van der Waals surface area (Å²) in [6, 6.07) is 7.92. The first kappa shape index (κ1) is 19.5. The number of unbranched alkanes of at least 4 members (excludes halogenated alkanes) is 2. The van der Waals surface area contributed by atoms with E-state index < -0.39 is 0 Å². The zero-order valence-corrected chi connectivity index (χ0v) is 16.7. The summed E-state index contributed by atoms with van der Waals surface area (Å²) in [6.45, 7) is 4.33. The summed E-state index contributed by atoms with van der Waals surface area (Å²) >= 11 is 1.36. The number of carbonyl (C=O) groups excluding carboxylic acids is 1. The van der Waals surface area contributed by atoms with Gasteiger partial charge in [0.15, 0.2) is 10.9 Å². The van der Waals surface area contributed by atoms with E-state index in [0.717, 1.165) is 60.1 Å². The van der Waals surface area contributed by atoms with E-state index in [-0.39, 0.29) is 5.12 Å². The summed E-state index contributed by atoms with van der Waals surface area (Å²) in [7, 11) is 0. The van der Waals surface area contributed by atoms with Crippen LogP contribution in [0, 0.1) is 0 Å². The van der Waals surface area contributed by atoms with Gasteiger partial charge >= 0.3 is 0 Å². The fourth-order valence-corrected chi connectivity index (χ4v) is 3.67. The van der Waals surface area contributed by atoms with E-state index in [1.807, 2.05) is 29.0 Å². The predicted octanol–water partition coefficient (Wildman–Crippen LogP) is 4.00. The van der Waals surface area contributed by atoms with Gasteiger partial charge in [-0.3, -0.25) is 4.79 Å². The fraction of sp³-hybridized carbons (Fsp3) is 0.450. The van der Waals surface area contributed by atoms with Crippen molar-refractivity contribution in [3.8, 4) is 0 Å². The van der Waals surface area contributed by atoms with Crippen molar-refractivity contribution in [3.05, 3.63) is 30.1 Å². The first-order valence-corrected chi connectivity index (χ1v) is 10.4. The Morgan fingerprint density at radius 1 is 1.22 bits per heavy atom. The number of para-hydroxylation sites is 1. The standard InChI is InChI=1S/C20H26N4O2S/c1-3-4-11-17-23-18-19(15-9-5-6-10-16(15)22-20(18)21)24(17)26-12-7-8-13-27-14(2)25/h5-6,9-10H,3-4,7-8,11-13H2,1-2H3,(H2,21,22). The number of pyridine rings is 1. The molecule has 7 heteroatoms. The van der Waals surface area contributed by atoms with E-state index in [1.54, 1.807) is 6.92 Å². The summed E-state index contributed by atoms with van der Waals surface area (Å²) in [4.78, 5) is 26.4. The SMILES string of the molecule is CCCCc1nc2c(N)nc3ccccc3c2n1OCCCCSC(C)=O. The van der Waals surface area contributed by atoms with Gasteiger partial charge in [0, 0.05) is 24.5 Å². The lowest BCUT2D eigenvalue weighted by atomic mass is 10.2. The Morgan fingerprint density at radius 3 is 2.81 bits per heavy atom. The van der Waals surface area contributed by atoms with Crippen molar-refractivity contribution in [1.82, 2.24) is 14.7 Å². The minimum absolute atomic E-state index is 0.160. The zero-order chi connectivity index (χ0) is 19.2. The number of thioether (sulfide) groups is 1. The summed E-state index contributed by atoms with van der Waals surface area (Å²) in [6.07, 6.45) is 4.77. The maximum absolute atomic E-state index is 11.0. The first-order valence-electron chi connectivity index (χ1n) is 9.44. The van der Waals surface area contributed by atoms with Crippen molar-refractivity contribution in [2.24, 2.45) is 0 Å². The Kier molecular flexibility index (Phi) is 6.55. The number of rotatable bonds is 9. The zero-order valence-electron chi connectivity index (χ0n) is 15.9. The van der Waals surface area contributed by atoms with E-state index >= 15 is 0 Å². The molecule has 0 aliphatic carbocycles. The number of anilines is 1. The third kappa shape index (κ3) is 4.53. The Labute approximate surface area is 163 Å². The van der Waals surface area contributed by atoms with Crippen LogP contribution in [0.4, 0.5) is 5.82 Å². The maximum Gasteiger partial charge on any atom is 0.185 e. The van der Waals surface area contributed by atoms with Gasteiger partial charge in [0.05, 0.1) is 5.52 Å². The third-order valence-electron chi connectivity index (χ3n) is 4.36. The lowest BCUT2D eigenvalue weighted by Gasteiger charge is -2.12. The number of imidazole rings is 1. The number of fused-ring (bicyclic) bond motifs is 3. The smallest absolute Gasteiger partial charge is 0.185 e. The van der Waals surface area contributed by atoms with Crippen molar-refractivity contribution in [2.45, 2.75) is 46.0 Å². The molecule has 3 rings (SSSR count). The van der Waals surface area contributed by atoms with E-state index in [2.05, 4.69) is 11.9 Å². The Morgan fingerprint density at radius 2 is 2.04 bits per heavy atom. The highest BCUT2D eigenvalue weighted by molar-refractivity contribution is 8.13. The fourth-order valence-electron chi connectivity index (χ4n) is 3.03. The monoisotopic (exact) mass is 386 g/mol. The minimum Gasteiger partial charge on any atom is -0.412 e. The van der Waals surface area contributed by atoms with E-state index in [1.165, 1.54) is 11.8 Å². The van der Waals surface area contributed by atoms with Crippen molar-refractivity contribution in [2.75, 3.05) is 18.1 Å². The molecule has 0 fully saturated rings. The number of hydrogen-bond acceptors (Lipinski definition) is 6. The lowest BCUT2D eigenvalue weighted by Crippen LogP contribution is -2.16.